The highest BCUT2D eigenvalue weighted by molar-refractivity contribution is 5.65. The molecular weight excluding hydrogens is 172 g/mol. The van der Waals surface area contributed by atoms with Gasteiger partial charge in [-0.3, -0.25) is 10.1 Å². The zero-order valence-electron chi connectivity index (χ0n) is 6.64. The molecule has 13 heavy (non-hydrogen) atoms. The number of oxime groups is 1. The van der Waals surface area contributed by atoms with E-state index < -0.39 is 4.92 Å². The highest BCUT2D eigenvalue weighted by atomic mass is 16.6. The molecule has 1 aromatic carbocycles. The van der Waals surface area contributed by atoms with E-state index in [1.165, 1.54) is 12.1 Å². The molecule has 0 N–H and O–H groups in total. The van der Waals surface area contributed by atoms with Crippen LogP contribution in [0.2, 0.25) is 0 Å². The van der Waals surface area contributed by atoms with Crippen LogP contribution >= 0.6 is 0 Å². The fraction of sp³-hybridized carbons (Fsp3) is 0.125. The van der Waals surface area contributed by atoms with Gasteiger partial charge in [0.2, 0.25) is 0 Å². The number of nitro groups is 1. The lowest BCUT2D eigenvalue weighted by atomic mass is 10.1. The zero-order valence-corrected chi connectivity index (χ0v) is 6.64. The second-order valence-electron chi connectivity index (χ2n) is 2.63. The van der Waals surface area contributed by atoms with Crippen LogP contribution in [0.3, 0.4) is 0 Å². The summed E-state index contributed by atoms with van der Waals surface area (Å²) in [6.45, 7) is 0. The molecule has 0 amide bonds. The third-order valence-corrected chi connectivity index (χ3v) is 1.80. The van der Waals surface area contributed by atoms with Crippen molar-refractivity contribution in [2.24, 2.45) is 5.16 Å². The first-order chi connectivity index (χ1) is 6.27. The van der Waals surface area contributed by atoms with Crippen molar-refractivity contribution in [2.75, 3.05) is 0 Å². The van der Waals surface area contributed by atoms with E-state index in [4.69, 9.17) is 4.84 Å². The Kier molecular flexibility index (Phi) is 1.70. The van der Waals surface area contributed by atoms with E-state index in [0.717, 1.165) is 5.56 Å². The molecule has 5 nitrogen and oxygen atoms in total. The van der Waals surface area contributed by atoms with Crippen LogP contribution in [0.1, 0.15) is 5.56 Å². The molecule has 1 aromatic rings. The third kappa shape index (κ3) is 1.35. The average molecular weight is 178 g/mol. The molecule has 1 heterocycles. The van der Waals surface area contributed by atoms with Crippen LogP contribution in [0.25, 0.3) is 0 Å². The van der Waals surface area contributed by atoms with E-state index in [-0.39, 0.29) is 5.69 Å². The number of hydrogen-bond acceptors (Lipinski definition) is 4. The van der Waals surface area contributed by atoms with Gasteiger partial charge in [0, 0.05) is 24.3 Å². The molecule has 0 saturated carbocycles. The van der Waals surface area contributed by atoms with E-state index in [9.17, 15) is 10.1 Å². The number of rotatable bonds is 1. The molecule has 0 atom stereocenters. The second kappa shape index (κ2) is 2.85. The second-order valence-corrected chi connectivity index (χ2v) is 2.63. The van der Waals surface area contributed by atoms with Crippen molar-refractivity contribution in [1.29, 1.82) is 0 Å². The fourth-order valence-electron chi connectivity index (χ4n) is 1.14. The molecule has 0 fully saturated rings. The summed E-state index contributed by atoms with van der Waals surface area (Å²) in [7, 11) is 0. The Morgan fingerprint density at radius 1 is 1.54 bits per heavy atom. The van der Waals surface area contributed by atoms with Crippen LogP contribution in [0.15, 0.2) is 23.4 Å². The smallest absolute Gasteiger partial charge is 0.273 e. The van der Waals surface area contributed by atoms with Crippen molar-refractivity contribution in [3.8, 4) is 5.75 Å². The molecule has 0 radical (unpaired) electrons. The first-order valence-corrected chi connectivity index (χ1v) is 3.73. The van der Waals surface area contributed by atoms with Crippen LogP contribution < -0.4 is 4.84 Å². The molecule has 0 spiro atoms. The monoisotopic (exact) mass is 178 g/mol. The van der Waals surface area contributed by atoms with Gasteiger partial charge >= 0.3 is 0 Å². The highest BCUT2D eigenvalue weighted by Crippen LogP contribution is 2.26. The van der Waals surface area contributed by atoms with Crippen LogP contribution in [-0.2, 0) is 6.42 Å². The van der Waals surface area contributed by atoms with Crippen molar-refractivity contribution in [3.63, 3.8) is 0 Å². The predicted octanol–water partition coefficient (Wildman–Crippen LogP) is 1.52. The Hall–Kier alpha value is -1.91. The summed E-state index contributed by atoms with van der Waals surface area (Å²) in [5, 5.41) is 14.0. The number of nitro benzene ring substituents is 1. The Morgan fingerprint density at radius 3 is 3.15 bits per heavy atom. The number of fused-ring (bicyclic) bond motifs is 1. The highest BCUT2D eigenvalue weighted by Gasteiger charge is 2.13. The molecule has 0 aliphatic carbocycles. The van der Waals surface area contributed by atoms with Crippen molar-refractivity contribution >= 4 is 11.9 Å². The summed E-state index contributed by atoms with van der Waals surface area (Å²) in [6.07, 6.45) is 2.28. The summed E-state index contributed by atoms with van der Waals surface area (Å²) in [4.78, 5) is 14.8. The number of nitrogens with zero attached hydrogens (tertiary/aromatic N) is 2. The normalized spacial score (nSPS) is 13.2. The van der Waals surface area contributed by atoms with Crippen LogP contribution in [-0.4, -0.2) is 11.1 Å². The summed E-state index contributed by atoms with van der Waals surface area (Å²) in [6, 6.07) is 4.52. The molecule has 0 unspecified atom stereocenters. The standard InChI is InChI=1S/C8H6N2O3/c11-10(12)7-2-1-6-3-4-9-13-8(6)5-7/h1-2,4-5H,3H2. The number of non-ortho nitro benzene ring substituents is 1. The fourth-order valence-corrected chi connectivity index (χ4v) is 1.14. The molecule has 1 aliphatic heterocycles. The summed E-state index contributed by atoms with van der Waals surface area (Å²) in [5.74, 6) is 0.469. The van der Waals surface area contributed by atoms with Gasteiger partial charge in [-0.25, -0.2) is 0 Å². The Labute approximate surface area is 73.8 Å². The van der Waals surface area contributed by atoms with Gasteiger partial charge in [-0.15, -0.1) is 0 Å². The molecule has 5 heteroatoms. The van der Waals surface area contributed by atoms with Crippen LogP contribution in [0.4, 0.5) is 5.69 Å². The molecular formula is C8H6N2O3. The van der Waals surface area contributed by atoms with Gasteiger partial charge < -0.3 is 4.84 Å². The topological polar surface area (TPSA) is 64.7 Å². The van der Waals surface area contributed by atoms with Gasteiger partial charge in [-0.05, 0) is 6.07 Å². The molecule has 0 aromatic heterocycles. The molecule has 2 rings (SSSR count). The number of hydrogen-bond donors (Lipinski definition) is 0. The largest absolute Gasteiger partial charge is 0.357 e. The van der Waals surface area contributed by atoms with Gasteiger partial charge in [-0.2, -0.15) is 0 Å². The SMILES string of the molecule is O=[N+]([O-])c1ccc2c(c1)ON=CC2. The minimum atomic E-state index is -0.456. The molecule has 0 bridgehead atoms. The lowest BCUT2D eigenvalue weighted by Crippen LogP contribution is -2.00. The summed E-state index contributed by atoms with van der Waals surface area (Å²) >= 11 is 0. The van der Waals surface area contributed by atoms with E-state index in [2.05, 4.69) is 5.16 Å². The van der Waals surface area contributed by atoms with E-state index >= 15 is 0 Å². The zero-order chi connectivity index (χ0) is 9.26. The maximum Gasteiger partial charge on any atom is 0.273 e. The average Bonchev–Trinajstić information content (AvgIpc) is 2.17. The van der Waals surface area contributed by atoms with E-state index in [1.54, 1.807) is 12.3 Å². The molecule has 1 aliphatic rings. The van der Waals surface area contributed by atoms with Gasteiger partial charge in [-0.1, -0.05) is 5.16 Å². The van der Waals surface area contributed by atoms with Gasteiger partial charge in [0.1, 0.15) is 0 Å². The maximum absolute atomic E-state index is 10.4. The summed E-state index contributed by atoms with van der Waals surface area (Å²) < 4.78 is 0. The lowest BCUT2D eigenvalue weighted by molar-refractivity contribution is -0.385. The van der Waals surface area contributed by atoms with Gasteiger partial charge in [0.05, 0.1) is 11.0 Å². The van der Waals surface area contributed by atoms with Crippen molar-refractivity contribution < 1.29 is 9.76 Å². The maximum atomic E-state index is 10.4. The lowest BCUT2D eigenvalue weighted by Gasteiger charge is -2.08. The van der Waals surface area contributed by atoms with Crippen molar-refractivity contribution in [2.45, 2.75) is 6.42 Å². The van der Waals surface area contributed by atoms with Crippen molar-refractivity contribution in [3.05, 3.63) is 33.9 Å². The minimum absolute atomic E-state index is 0.0239. The molecule has 66 valence electrons. The third-order valence-electron chi connectivity index (χ3n) is 1.80. The summed E-state index contributed by atoms with van der Waals surface area (Å²) in [5.41, 5.74) is 0.941. The predicted molar refractivity (Wildman–Crippen MR) is 45.9 cm³/mol. The first-order valence-electron chi connectivity index (χ1n) is 3.73. The van der Waals surface area contributed by atoms with E-state index in [0.29, 0.717) is 12.2 Å². The number of benzene rings is 1. The van der Waals surface area contributed by atoms with Gasteiger partial charge in [0.25, 0.3) is 5.69 Å². The van der Waals surface area contributed by atoms with E-state index in [1.807, 2.05) is 0 Å². The van der Waals surface area contributed by atoms with Gasteiger partial charge in [0.15, 0.2) is 5.75 Å². The Balaban J connectivity index is 2.44. The van der Waals surface area contributed by atoms with Crippen molar-refractivity contribution in [1.82, 2.24) is 0 Å². The van der Waals surface area contributed by atoms with Crippen LogP contribution in [0, 0.1) is 10.1 Å². The molecule has 0 saturated heterocycles. The Bertz CT molecular complexity index is 387. The Morgan fingerprint density at radius 2 is 2.38 bits per heavy atom. The minimum Gasteiger partial charge on any atom is -0.357 e. The first kappa shape index (κ1) is 7.72. The quantitative estimate of drug-likeness (QED) is 0.483. The van der Waals surface area contributed by atoms with Crippen LogP contribution in [0.5, 0.6) is 5.75 Å².